The maximum absolute atomic E-state index is 15.3. The van der Waals surface area contributed by atoms with Crippen LogP contribution in [0.5, 0.6) is 0 Å². The summed E-state index contributed by atoms with van der Waals surface area (Å²) in [6.07, 6.45) is 9.96. The van der Waals surface area contributed by atoms with Crippen LogP contribution in [-0.2, 0) is 7.05 Å². The third-order valence-electron chi connectivity index (χ3n) is 8.34. The average molecular weight is 537 g/mol. The van der Waals surface area contributed by atoms with E-state index in [4.69, 9.17) is 4.98 Å². The van der Waals surface area contributed by atoms with Crippen molar-refractivity contribution in [2.24, 2.45) is 13.0 Å². The third kappa shape index (κ3) is 5.21. The molecule has 2 aliphatic heterocycles. The van der Waals surface area contributed by atoms with Gasteiger partial charge in [-0.1, -0.05) is 6.42 Å². The number of piperidine rings is 2. The molecule has 39 heavy (non-hydrogen) atoms. The molecule has 3 aliphatic rings. The van der Waals surface area contributed by atoms with Gasteiger partial charge in [-0.3, -0.25) is 0 Å². The van der Waals surface area contributed by atoms with E-state index in [0.717, 1.165) is 35.3 Å². The Kier molecular flexibility index (Phi) is 6.96. The summed E-state index contributed by atoms with van der Waals surface area (Å²) in [4.78, 5) is 26.5. The van der Waals surface area contributed by atoms with Crippen molar-refractivity contribution in [2.45, 2.75) is 56.9 Å². The minimum absolute atomic E-state index is 0.181. The van der Waals surface area contributed by atoms with Gasteiger partial charge in [-0.2, -0.15) is 14.3 Å². The molecule has 1 aliphatic carbocycles. The quantitative estimate of drug-likeness (QED) is 0.448. The molecule has 0 amide bonds. The van der Waals surface area contributed by atoms with Crippen LogP contribution in [0.15, 0.2) is 23.1 Å². The van der Waals surface area contributed by atoms with Crippen LogP contribution in [0.1, 0.15) is 56.4 Å². The van der Waals surface area contributed by atoms with E-state index in [1.54, 1.807) is 19.3 Å². The molecular formula is C27H37FN10O. The highest BCUT2D eigenvalue weighted by Gasteiger charge is 2.33. The van der Waals surface area contributed by atoms with Gasteiger partial charge in [0.05, 0.1) is 23.3 Å². The van der Waals surface area contributed by atoms with Gasteiger partial charge in [-0.15, -0.1) is 0 Å². The molecule has 0 bridgehead atoms. The summed E-state index contributed by atoms with van der Waals surface area (Å²) < 4.78 is 17.7. The molecule has 11 nitrogen and oxygen atoms in total. The highest BCUT2D eigenvalue weighted by atomic mass is 19.1. The molecule has 2 atom stereocenters. The van der Waals surface area contributed by atoms with Gasteiger partial charge in [0, 0.05) is 33.7 Å². The Morgan fingerprint density at radius 2 is 1.90 bits per heavy atom. The molecule has 0 radical (unpaired) electrons. The number of hydrogen-bond acceptors (Lipinski definition) is 9. The van der Waals surface area contributed by atoms with Crippen molar-refractivity contribution in [3.05, 3.63) is 40.2 Å². The topological polar surface area (TPSA) is 109 Å². The summed E-state index contributed by atoms with van der Waals surface area (Å²) in [6, 6.07) is 3.72. The number of tetrazole rings is 1. The first-order valence-electron chi connectivity index (χ1n) is 14.0. The van der Waals surface area contributed by atoms with E-state index >= 15 is 4.39 Å². The maximum atomic E-state index is 15.3. The van der Waals surface area contributed by atoms with Crippen LogP contribution in [0.4, 0.5) is 27.5 Å². The number of aromatic nitrogens is 6. The number of nitrogens with zero attached hydrogens (tertiary/aromatic N) is 8. The van der Waals surface area contributed by atoms with Crippen molar-refractivity contribution in [1.82, 2.24) is 34.7 Å². The number of aryl methyl sites for hydroxylation is 1. The average Bonchev–Trinajstić information content (AvgIpc) is 3.73. The number of anilines is 4. The zero-order valence-electron chi connectivity index (χ0n) is 22.9. The second kappa shape index (κ2) is 10.6. The number of rotatable bonds is 8. The third-order valence-corrected chi connectivity index (χ3v) is 8.34. The zero-order chi connectivity index (χ0) is 27.1. The predicted molar refractivity (Wildman–Crippen MR) is 149 cm³/mol. The van der Waals surface area contributed by atoms with Gasteiger partial charge in [0.2, 0.25) is 5.95 Å². The van der Waals surface area contributed by atoms with E-state index in [-0.39, 0.29) is 23.2 Å². The molecule has 1 aromatic carbocycles. The van der Waals surface area contributed by atoms with E-state index in [9.17, 15) is 4.79 Å². The van der Waals surface area contributed by atoms with Crippen molar-refractivity contribution in [3.8, 4) is 5.69 Å². The molecule has 3 fully saturated rings. The molecule has 2 unspecified atom stereocenters. The summed E-state index contributed by atoms with van der Waals surface area (Å²) in [5, 5.41) is 14.5. The smallest absolute Gasteiger partial charge is 0.368 e. The van der Waals surface area contributed by atoms with Crippen LogP contribution in [0.2, 0.25) is 0 Å². The molecule has 2 saturated heterocycles. The number of benzene rings is 1. The van der Waals surface area contributed by atoms with E-state index in [1.807, 2.05) is 19.0 Å². The van der Waals surface area contributed by atoms with Crippen molar-refractivity contribution in [3.63, 3.8) is 0 Å². The highest BCUT2D eigenvalue weighted by Crippen LogP contribution is 2.44. The first-order chi connectivity index (χ1) is 18.9. The molecule has 6 rings (SSSR count). The van der Waals surface area contributed by atoms with Gasteiger partial charge >= 0.3 is 5.69 Å². The molecule has 4 heterocycles. The lowest BCUT2D eigenvalue weighted by molar-refractivity contribution is 0.0649. The molecule has 2 N–H and O–H groups in total. The lowest BCUT2D eigenvalue weighted by Gasteiger charge is -2.44. The van der Waals surface area contributed by atoms with Crippen molar-refractivity contribution >= 4 is 23.1 Å². The summed E-state index contributed by atoms with van der Waals surface area (Å²) in [6.45, 7) is 3.25. The van der Waals surface area contributed by atoms with Gasteiger partial charge in [0.1, 0.15) is 5.82 Å². The van der Waals surface area contributed by atoms with Crippen LogP contribution < -0.4 is 21.2 Å². The number of nitrogens with one attached hydrogen (secondary N) is 2. The van der Waals surface area contributed by atoms with Gasteiger partial charge in [0.25, 0.3) is 0 Å². The van der Waals surface area contributed by atoms with E-state index < -0.39 is 5.82 Å². The first-order valence-corrected chi connectivity index (χ1v) is 14.0. The number of fused-ring (bicyclic) bond motifs is 1. The summed E-state index contributed by atoms with van der Waals surface area (Å²) in [5.41, 5.74) is 1.95. The molecule has 12 heteroatoms. The van der Waals surface area contributed by atoms with E-state index in [1.165, 1.54) is 55.9 Å². The Hall–Kier alpha value is -3.54. The lowest BCUT2D eigenvalue weighted by atomic mass is 9.83. The van der Waals surface area contributed by atoms with Crippen LogP contribution in [-0.4, -0.2) is 74.4 Å². The molecule has 0 spiro atoms. The van der Waals surface area contributed by atoms with E-state index in [0.29, 0.717) is 23.5 Å². The normalized spacial score (nSPS) is 21.4. The van der Waals surface area contributed by atoms with Crippen molar-refractivity contribution < 1.29 is 4.39 Å². The minimum Gasteiger partial charge on any atom is -0.373 e. The van der Waals surface area contributed by atoms with Crippen LogP contribution in [0, 0.1) is 11.7 Å². The largest absolute Gasteiger partial charge is 0.373 e. The van der Waals surface area contributed by atoms with Crippen LogP contribution >= 0.6 is 0 Å². The van der Waals surface area contributed by atoms with Gasteiger partial charge in [-0.25, -0.2) is 14.2 Å². The van der Waals surface area contributed by atoms with Gasteiger partial charge in [-0.05, 0) is 91.6 Å². The monoisotopic (exact) mass is 536 g/mol. The molecule has 3 aromatic rings. The predicted octanol–water partition coefficient (Wildman–Crippen LogP) is 3.26. The Labute approximate surface area is 227 Å². The van der Waals surface area contributed by atoms with Crippen molar-refractivity contribution in [1.29, 1.82) is 0 Å². The fourth-order valence-electron chi connectivity index (χ4n) is 6.10. The fraction of sp³-hybridized carbons (Fsp3) is 0.593. The van der Waals surface area contributed by atoms with Gasteiger partial charge < -0.3 is 20.4 Å². The SMILES string of the molecule is CN(C)c1cnc(Nc2cc(-n3nnn(C)c3=O)c(C3CC3)cc2F)nc1NCC1CCCN2CCCCC12. The molecule has 2 aromatic heterocycles. The Balaban J connectivity index is 1.26. The summed E-state index contributed by atoms with van der Waals surface area (Å²) in [7, 11) is 5.46. The Bertz CT molecular complexity index is 1400. The summed E-state index contributed by atoms with van der Waals surface area (Å²) >= 11 is 0. The molecule has 208 valence electrons. The molecule has 1 saturated carbocycles. The number of halogens is 1. The summed E-state index contributed by atoms with van der Waals surface area (Å²) in [5.74, 6) is 1.35. The van der Waals surface area contributed by atoms with Crippen LogP contribution in [0.3, 0.4) is 0 Å². The second-order valence-corrected chi connectivity index (χ2v) is 11.3. The highest BCUT2D eigenvalue weighted by molar-refractivity contribution is 5.68. The number of hydrogen-bond donors (Lipinski definition) is 2. The Morgan fingerprint density at radius 3 is 2.64 bits per heavy atom. The van der Waals surface area contributed by atoms with Crippen molar-refractivity contribution in [2.75, 3.05) is 49.3 Å². The fourth-order valence-corrected chi connectivity index (χ4v) is 6.10. The standard InChI is InChI=1S/C27H37FN10O/c1-35(2)24-16-30-26(32-25(24)29-15-18-7-6-12-37-11-5-4-8-22(18)37)31-21-14-23(38-27(39)36(3)33-34-38)19(13-20(21)28)17-9-10-17/h13-14,16-18,22H,4-12,15H2,1-3H3,(H2,29,30,31,32). The maximum Gasteiger partial charge on any atom is 0.368 e. The second-order valence-electron chi connectivity index (χ2n) is 11.3. The first kappa shape index (κ1) is 25.7. The van der Waals surface area contributed by atoms with E-state index in [2.05, 4.69) is 30.9 Å². The molecular weight excluding hydrogens is 499 g/mol. The van der Waals surface area contributed by atoms with Crippen LogP contribution in [0.25, 0.3) is 5.69 Å². The Morgan fingerprint density at radius 1 is 1.08 bits per heavy atom. The minimum atomic E-state index is -0.424. The zero-order valence-corrected chi connectivity index (χ0v) is 22.9. The lowest BCUT2D eigenvalue weighted by Crippen LogP contribution is -2.49. The van der Waals surface area contributed by atoms with Gasteiger partial charge in [0.15, 0.2) is 5.82 Å².